The Labute approximate surface area is 143 Å². The van der Waals surface area contributed by atoms with Crippen LogP contribution in [0.1, 0.15) is 36.0 Å². The molecule has 0 aromatic heterocycles. The lowest BCUT2D eigenvalue weighted by Crippen LogP contribution is -2.13. The summed E-state index contributed by atoms with van der Waals surface area (Å²) < 4.78 is 0. The predicted octanol–water partition coefficient (Wildman–Crippen LogP) is 5.44. The topological polar surface area (TPSA) is 29.1 Å². The van der Waals surface area contributed by atoms with Gasteiger partial charge in [0.25, 0.3) is 0 Å². The molecule has 1 fully saturated rings. The number of carbonyl (C=O) groups is 1. The van der Waals surface area contributed by atoms with E-state index in [-0.39, 0.29) is 5.78 Å². The number of aryl methyl sites for hydroxylation is 2. The SMILES string of the molecule is Cc1ccc(NC=C2CCCC(=Cc3ccccc3)C2=O)c(C)c1. The molecule has 1 aliphatic rings. The standard InChI is InChI=1S/C22H23NO/c1-16-11-12-21(17(2)13-16)23-15-20-10-6-9-19(22(20)24)14-18-7-4-3-5-8-18/h3-5,7-8,11-15,23H,6,9-10H2,1-2H3. The average molecular weight is 317 g/mol. The second-order valence-corrected chi connectivity index (χ2v) is 6.40. The number of Topliss-reactive ketones (excluding diaryl/α,β-unsaturated/α-hetero) is 1. The number of ketones is 1. The molecule has 0 spiro atoms. The van der Waals surface area contributed by atoms with Crippen LogP contribution in [-0.4, -0.2) is 5.78 Å². The zero-order valence-corrected chi connectivity index (χ0v) is 14.3. The Kier molecular flexibility index (Phi) is 4.95. The molecule has 3 rings (SSSR count). The Hall–Kier alpha value is -2.61. The summed E-state index contributed by atoms with van der Waals surface area (Å²) in [7, 11) is 0. The van der Waals surface area contributed by atoms with E-state index in [1.54, 1.807) is 0 Å². The molecule has 24 heavy (non-hydrogen) atoms. The Morgan fingerprint density at radius 2 is 1.71 bits per heavy atom. The first-order valence-corrected chi connectivity index (χ1v) is 8.46. The summed E-state index contributed by atoms with van der Waals surface area (Å²) in [5.41, 5.74) is 6.34. The molecule has 2 nitrogen and oxygen atoms in total. The Morgan fingerprint density at radius 1 is 0.958 bits per heavy atom. The van der Waals surface area contributed by atoms with Crippen LogP contribution in [0.15, 0.2) is 65.9 Å². The van der Waals surface area contributed by atoms with E-state index < -0.39 is 0 Å². The highest BCUT2D eigenvalue weighted by Gasteiger charge is 2.20. The van der Waals surface area contributed by atoms with E-state index in [2.05, 4.69) is 37.4 Å². The van der Waals surface area contributed by atoms with Gasteiger partial charge in [0.15, 0.2) is 5.78 Å². The predicted molar refractivity (Wildman–Crippen MR) is 101 cm³/mol. The van der Waals surface area contributed by atoms with Crippen molar-refractivity contribution in [3.05, 3.63) is 82.6 Å². The fraction of sp³-hybridized carbons (Fsp3) is 0.227. The molecule has 2 aromatic carbocycles. The van der Waals surface area contributed by atoms with Gasteiger partial charge in [-0.1, -0.05) is 48.0 Å². The van der Waals surface area contributed by atoms with E-state index in [0.717, 1.165) is 41.7 Å². The van der Waals surface area contributed by atoms with Crippen molar-refractivity contribution < 1.29 is 4.79 Å². The highest BCUT2D eigenvalue weighted by molar-refractivity contribution is 6.11. The number of rotatable bonds is 3. The molecule has 0 amide bonds. The van der Waals surface area contributed by atoms with Gasteiger partial charge in [0.05, 0.1) is 0 Å². The highest BCUT2D eigenvalue weighted by Crippen LogP contribution is 2.27. The lowest BCUT2D eigenvalue weighted by atomic mass is 9.88. The van der Waals surface area contributed by atoms with Crippen LogP contribution < -0.4 is 5.32 Å². The number of benzene rings is 2. The molecule has 0 aliphatic heterocycles. The molecule has 2 heteroatoms. The van der Waals surface area contributed by atoms with E-state index in [9.17, 15) is 4.79 Å². The van der Waals surface area contributed by atoms with Crippen molar-refractivity contribution in [2.75, 3.05) is 5.32 Å². The third kappa shape index (κ3) is 3.83. The summed E-state index contributed by atoms with van der Waals surface area (Å²) in [5, 5.41) is 3.31. The second kappa shape index (κ2) is 7.31. The maximum absolute atomic E-state index is 12.7. The zero-order valence-electron chi connectivity index (χ0n) is 14.3. The first-order chi connectivity index (χ1) is 11.6. The van der Waals surface area contributed by atoms with Gasteiger partial charge < -0.3 is 5.32 Å². The molecule has 0 radical (unpaired) electrons. The number of hydrogen-bond donors (Lipinski definition) is 1. The normalized spacial score (nSPS) is 18.2. The van der Waals surface area contributed by atoms with Gasteiger partial charge in [0.1, 0.15) is 0 Å². The van der Waals surface area contributed by atoms with Crippen molar-refractivity contribution in [2.45, 2.75) is 33.1 Å². The summed E-state index contributed by atoms with van der Waals surface area (Å²) in [6.45, 7) is 4.16. The fourth-order valence-electron chi connectivity index (χ4n) is 3.07. The van der Waals surface area contributed by atoms with Gasteiger partial charge in [-0.15, -0.1) is 0 Å². The molecule has 2 aromatic rings. The summed E-state index contributed by atoms with van der Waals surface area (Å²) in [6.07, 6.45) is 6.62. The van der Waals surface area contributed by atoms with Gasteiger partial charge in [-0.2, -0.15) is 0 Å². The van der Waals surface area contributed by atoms with Crippen molar-refractivity contribution in [2.24, 2.45) is 0 Å². The van der Waals surface area contributed by atoms with Crippen molar-refractivity contribution in [1.29, 1.82) is 0 Å². The van der Waals surface area contributed by atoms with E-state index in [0.29, 0.717) is 0 Å². The third-order valence-corrected chi connectivity index (χ3v) is 4.40. The highest BCUT2D eigenvalue weighted by atomic mass is 16.1. The molecule has 1 saturated carbocycles. The maximum Gasteiger partial charge on any atom is 0.186 e. The lowest BCUT2D eigenvalue weighted by molar-refractivity contribution is -0.112. The van der Waals surface area contributed by atoms with Crippen LogP contribution in [0.3, 0.4) is 0 Å². The Morgan fingerprint density at radius 3 is 2.46 bits per heavy atom. The lowest BCUT2D eigenvalue weighted by Gasteiger charge is -2.17. The minimum Gasteiger partial charge on any atom is -0.361 e. The van der Waals surface area contributed by atoms with Crippen molar-refractivity contribution in [3.8, 4) is 0 Å². The first kappa shape index (κ1) is 16.3. The van der Waals surface area contributed by atoms with Crippen LogP contribution in [0.4, 0.5) is 5.69 Å². The molecule has 0 heterocycles. The van der Waals surface area contributed by atoms with Crippen molar-refractivity contribution >= 4 is 17.5 Å². The molecular formula is C22H23NO. The third-order valence-electron chi connectivity index (χ3n) is 4.40. The van der Waals surface area contributed by atoms with Gasteiger partial charge in [-0.3, -0.25) is 4.79 Å². The van der Waals surface area contributed by atoms with E-state index >= 15 is 0 Å². The number of allylic oxidation sites excluding steroid dienone is 2. The number of anilines is 1. The van der Waals surface area contributed by atoms with Gasteiger partial charge >= 0.3 is 0 Å². The van der Waals surface area contributed by atoms with Gasteiger partial charge in [-0.05, 0) is 56.4 Å². The fourth-order valence-corrected chi connectivity index (χ4v) is 3.07. The molecule has 122 valence electrons. The van der Waals surface area contributed by atoms with Crippen LogP contribution in [0.25, 0.3) is 6.08 Å². The second-order valence-electron chi connectivity index (χ2n) is 6.40. The summed E-state index contributed by atoms with van der Waals surface area (Å²) in [5.74, 6) is 0.169. The Bertz CT molecular complexity index is 800. The smallest absolute Gasteiger partial charge is 0.186 e. The van der Waals surface area contributed by atoms with E-state index in [1.165, 1.54) is 11.1 Å². The van der Waals surface area contributed by atoms with Gasteiger partial charge in [-0.25, -0.2) is 0 Å². The van der Waals surface area contributed by atoms with Crippen molar-refractivity contribution in [1.82, 2.24) is 0 Å². The van der Waals surface area contributed by atoms with Crippen LogP contribution in [0.2, 0.25) is 0 Å². The largest absolute Gasteiger partial charge is 0.361 e. The molecule has 1 N–H and O–H groups in total. The summed E-state index contributed by atoms with van der Waals surface area (Å²) in [4.78, 5) is 12.7. The molecule has 1 aliphatic carbocycles. The number of hydrogen-bond acceptors (Lipinski definition) is 2. The number of carbonyl (C=O) groups excluding carboxylic acids is 1. The summed E-state index contributed by atoms with van der Waals surface area (Å²) in [6, 6.07) is 16.3. The van der Waals surface area contributed by atoms with Gasteiger partial charge in [0, 0.05) is 23.0 Å². The van der Waals surface area contributed by atoms with Crippen LogP contribution in [-0.2, 0) is 4.79 Å². The Balaban J connectivity index is 1.78. The van der Waals surface area contributed by atoms with Crippen LogP contribution in [0.5, 0.6) is 0 Å². The zero-order chi connectivity index (χ0) is 16.9. The molecule has 0 bridgehead atoms. The number of nitrogens with one attached hydrogen (secondary N) is 1. The van der Waals surface area contributed by atoms with Gasteiger partial charge in [0.2, 0.25) is 0 Å². The van der Waals surface area contributed by atoms with Crippen LogP contribution in [0, 0.1) is 13.8 Å². The molecule has 0 saturated heterocycles. The molecule has 0 unspecified atom stereocenters. The quantitative estimate of drug-likeness (QED) is 0.764. The van der Waals surface area contributed by atoms with Crippen molar-refractivity contribution in [3.63, 3.8) is 0 Å². The first-order valence-electron chi connectivity index (χ1n) is 8.46. The molecular weight excluding hydrogens is 294 g/mol. The summed E-state index contributed by atoms with van der Waals surface area (Å²) >= 11 is 0. The minimum atomic E-state index is 0.169. The average Bonchev–Trinajstić information content (AvgIpc) is 2.58. The van der Waals surface area contributed by atoms with E-state index in [1.807, 2.05) is 42.6 Å². The van der Waals surface area contributed by atoms with E-state index in [4.69, 9.17) is 0 Å². The maximum atomic E-state index is 12.7. The minimum absolute atomic E-state index is 0.169. The monoisotopic (exact) mass is 317 g/mol. The van der Waals surface area contributed by atoms with Crippen LogP contribution >= 0.6 is 0 Å². The molecule has 0 atom stereocenters.